The molecule has 1 aliphatic rings. The molecule has 1 fully saturated rings. The van der Waals surface area contributed by atoms with Crippen LogP contribution in [0.4, 0.5) is 0 Å². The van der Waals surface area contributed by atoms with Crippen LogP contribution in [0.2, 0.25) is 0 Å². The normalized spacial score (nSPS) is 29.1. The molecule has 94 valence electrons. The second-order valence-corrected chi connectivity index (χ2v) is 6.83. The van der Waals surface area contributed by atoms with Gasteiger partial charge in [-0.15, -0.1) is 0 Å². The third-order valence-corrected chi connectivity index (χ3v) is 2.90. The number of hydrogen-bond acceptors (Lipinski definition) is 3. The Morgan fingerprint density at radius 3 is 2.19 bits per heavy atom. The van der Waals surface area contributed by atoms with Crippen molar-refractivity contribution in [2.75, 3.05) is 0 Å². The minimum atomic E-state index is -0.387. The molecule has 1 N–H and O–H groups in total. The summed E-state index contributed by atoms with van der Waals surface area (Å²) >= 11 is 0. The van der Waals surface area contributed by atoms with Gasteiger partial charge in [0.1, 0.15) is 5.60 Å². The first-order chi connectivity index (χ1) is 7.02. The Hall–Kier alpha value is -0.570. The Morgan fingerprint density at radius 2 is 1.81 bits per heavy atom. The molecule has 0 bridgehead atoms. The molecule has 0 aromatic heterocycles. The van der Waals surface area contributed by atoms with Crippen molar-refractivity contribution in [1.29, 1.82) is 0 Å². The van der Waals surface area contributed by atoms with E-state index in [2.05, 4.69) is 26.1 Å². The summed E-state index contributed by atoms with van der Waals surface area (Å²) in [6.45, 7) is 12.2. The van der Waals surface area contributed by atoms with Crippen LogP contribution in [0.15, 0.2) is 0 Å². The second kappa shape index (κ2) is 4.02. The predicted octanol–water partition coefficient (Wildman–Crippen LogP) is 2.64. The molecule has 0 spiro atoms. The van der Waals surface area contributed by atoms with Gasteiger partial charge in [0.05, 0.1) is 6.42 Å². The van der Waals surface area contributed by atoms with E-state index in [9.17, 15) is 4.79 Å². The van der Waals surface area contributed by atoms with Crippen LogP contribution in [-0.2, 0) is 9.53 Å². The Balaban J connectivity index is 2.52. The van der Waals surface area contributed by atoms with Gasteiger partial charge in [0, 0.05) is 11.1 Å². The van der Waals surface area contributed by atoms with Crippen molar-refractivity contribution in [1.82, 2.24) is 5.32 Å². The summed E-state index contributed by atoms with van der Waals surface area (Å²) in [6.07, 6.45) is 2.58. The van der Waals surface area contributed by atoms with Crippen molar-refractivity contribution >= 4 is 5.97 Å². The van der Waals surface area contributed by atoms with E-state index in [1.165, 1.54) is 0 Å². The standard InChI is InChI=1S/C13H25NO2/c1-11(2,3)16-10(15)9-13(6)8-7-12(4,5)14-13/h14H,7-9H2,1-6H3. The fourth-order valence-electron chi connectivity index (χ4n) is 2.36. The SMILES string of the molecule is CC1(C)CCC(C)(CC(=O)OC(C)(C)C)N1. The molecular weight excluding hydrogens is 202 g/mol. The number of ether oxygens (including phenoxy) is 1. The lowest BCUT2D eigenvalue weighted by molar-refractivity contribution is -0.156. The molecule has 0 aromatic rings. The molecule has 0 saturated carbocycles. The van der Waals surface area contributed by atoms with Gasteiger partial charge in [-0.05, 0) is 54.4 Å². The number of hydrogen-bond donors (Lipinski definition) is 1. The molecular formula is C13H25NO2. The molecule has 1 heterocycles. The van der Waals surface area contributed by atoms with Crippen molar-refractivity contribution in [3.63, 3.8) is 0 Å². The highest BCUT2D eigenvalue weighted by Crippen LogP contribution is 2.33. The van der Waals surface area contributed by atoms with E-state index in [1.54, 1.807) is 0 Å². The van der Waals surface area contributed by atoms with E-state index in [0.29, 0.717) is 6.42 Å². The molecule has 1 saturated heterocycles. The van der Waals surface area contributed by atoms with Gasteiger partial charge >= 0.3 is 5.97 Å². The van der Waals surface area contributed by atoms with Crippen LogP contribution in [0.1, 0.15) is 60.8 Å². The minimum absolute atomic E-state index is 0.105. The van der Waals surface area contributed by atoms with Crippen LogP contribution >= 0.6 is 0 Å². The third kappa shape index (κ3) is 4.12. The highest BCUT2D eigenvalue weighted by molar-refractivity contribution is 5.71. The Labute approximate surface area is 98.9 Å². The summed E-state index contributed by atoms with van der Waals surface area (Å²) in [4.78, 5) is 11.8. The van der Waals surface area contributed by atoms with E-state index >= 15 is 0 Å². The maximum atomic E-state index is 11.8. The fourth-order valence-corrected chi connectivity index (χ4v) is 2.36. The lowest BCUT2D eigenvalue weighted by Gasteiger charge is -2.29. The van der Waals surface area contributed by atoms with Gasteiger partial charge in [-0.3, -0.25) is 4.79 Å². The molecule has 0 radical (unpaired) electrons. The monoisotopic (exact) mass is 227 g/mol. The third-order valence-electron chi connectivity index (χ3n) is 2.90. The van der Waals surface area contributed by atoms with E-state index in [-0.39, 0.29) is 22.6 Å². The molecule has 3 heteroatoms. The van der Waals surface area contributed by atoms with Gasteiger partial charge in [-0.25, -0.2) is 0 Å². The minimum Gasteiger partial charge on any atom is -0.460 e. The van der Waals surface area contributed by atoms with E-state index in [1.807, 2.05) is 20.8 Å². The lowest BCUT2D eigenvalue weighted by atomic mass is 9.95. The molecule has 1 atom stereocenters. The van der Waals surface area contributed by atoms with Crippen molar-refractivity contribution < 1.29 is 9.53 Å². The van der Waals surface area contributed by atoms with E-state index in [4.69, 9.17) is 4.74 Å². The van der Waals surface area contributed by atoms with Crippen LogP contribution in [0.25, 0.3) is 0 Å². The predicted molar refractivity (Wildman–Crippen MR) is 65.3 cm³/mol. The van der Waals surface area contributed by atoms with Gasteiger partial charge in [-0.1, -0.05) is 0 Å². The summed E-state index contributed by atoms with van der Waals surface area (Å²) < 4.78 is 5.35. The number of carbonyl (C=O) groups excluding carboxylic acids is 1. The summed E-state index contributed by atoms with van der Waals surface area (Å²) in [5.74, 6) is -0.111. The Kier molecular flexibility index (Phi) is 3.39. The van der Waals surface area contributed by atoms with Crippen LogP contribution in [0.5, 0.6) is 0 Å². The van der Waals surface area contributed by atoms with Crippen LogP contribution in [0.3, 0.4) is 0 Å². The quantitative estimate of drug-likeness (QED) is 0.737. The molecule has 0 amide bonds. The molecule has 0 aliphatic carbocycles. The van der Waals surface area contributed by atoms with Gasteiger partial charge in [0.15, 0.2) is 0 Å². The van der Waals surface area contributed by atoms with Gasteiger partial charge in [0.25, 0.3) is 0 Å². The number of esters is 1. The molecule has 1 rings (SSSR count). The van der Waals surface area contributed by atoms with Gasteiger partial charge in [-0.2, -0.15) is 0 Å². The first kappa shape index (κ1) is 13.5. The maximum Gasteiger partial charge on any atom is 0.308 e. The average Bonchev–Trinajstić information content (AvgIpc) is 2.19. The Bertz CT molecular complexity index is 278. The summed E-state index contributed by atoms with van der Waals surface area (Å²) in [6, 6.07) is 0. The highest BCUT2D eigenvalue weighted by atomic mass is 16.6. The summed E-state index contributed by atoms with van der Waals surface area (Å²) in [5, 5.41) is 3.52. The van der Waals surface area contributed by atoms with E-state index in [0.717, 1.165) is 12.8 Å². The first-order valence-corrected chi connectivity index (χ1v) is 6.03. The Morgan fingerprint density at radius 1 is 1.25 bits per heavy atom. The maximum absolute atomic E-state index is 11.8. The number of carbonyl (C=O) groups is 1. The number of nitrogens with one attached hydrogen (secondary N) is 1. The smallest absolute Gasteiger partial charge is 0.308 e. The van der Waals surface area contributed by atoms with Crippen molar-refractivity contribution in [2.24, 2.45) is 0 Å². The summed E-state index contributed by atoms with van der Waals surface area (Å²) in [7, 11) is 0. The lowest BCUT2D eigenvalue weighted by Crippen LogP contribution is -2.47. The number of rotatable bonds is 2. The molecule has 1 unspecified atom stereocenters. The van der Waals surface area contributed by atoms with Crippen LogP contribution < -0.4 is 5.32 Å². The van der Waals surface area contributed by atoms with Crippen molar-refractivity contribution in [2.45, 2.75) is 77.5 Å². The first-order valence-electron chi connectivity index (χ1n) is 6.03. The average molecular weight is 227 g/mol. The van der Waals surface area contributed by atoms with Crippen LogP contribution in [0, 0.1) is 0 Å². The van der Waals surface area contributed by atoms with Crippen molar-refractivity contribution in [3.05, 3.63) is 0 Å². The van der Waals surface area contributed by atoms with Gasteiger partial charge < -0.3 is 10.1 Å². The zero-order valence-corrected chi connectivity index (χ0v) is 11.4. The van der Waals surface area contributed by atoms with E-state index < -0.39 is 0 Å². The molecule has 0 aromatic carbocycles. The molecule has 1 aliphatic heterocycles. The second-order valence-electron chi connectivity index (χ2n) is 6.83. The summed E-state index contributed by atoms with van der Waals surface area (Å²) in [5.41, 5.74) is -0.357. The highest BCUT2D eigenvalue weighted by Gasteiger charge is 2.40. The molecule has 16 heavy (non-hydrogen) atoms. The fraction of sp³-hybridized carbons (Fsp3) is 0.923. The molecule has 3 nitrogen and oxygen atoms in total. The zero-order chi connectivity index (χ0) is 12.6. The largest absolute Gasteiger partial charge is 0.460 e. The zero-order valence-electron chi connectivity index (χ0n) is 11.4. The van der Waals surface area contributed by atoms with Crippen molar-refractivity contribution in [3.8, 4) is 0 Å². The van der Waals surface area contributed by atoms with Gasteiger partial charge in [0.2, 0.25) is 0 Å². The van der Waals surface area contributed by atoms with Crippen LogP contribution in [-0.4, -0.2) is 22.6 Å². The topological polar surface area (TPSA) is 38.3 Å².